The Morgan fingerprint density at radius 3 is 2.55 bits per heavy atom. The topological polar surface area (TPSA) is 85.4 Å². The van der Waals surface area contributed by atoms with Gasteiger partial charge in [-0.1, -0.05) is 0 Å². The van der Waals surface area contributed by atoms with Crippen LogP contribution in [0.25, 0.3) is 0 Å². The van der Waals surface area contributed by atoms with Crippen LogP contribution in [-0.4, -0.2) is 30.8 Å². The second kappa shape index (κ2) is 6.04. The molecular weight excluding hydrogens is 307 g/mol. The van der Waals surface area contributed by atoms with Crippen LogP contribution in [0.5, 0.6) is 0 Å². The van der Waals surface area contributed by atoms with E-state index in [1.807, 2.05) is 0 Å². The van der Waals surface area contributed by atoms with Crippen molar-refractivity contribution in [3.63, 3.8) is 0 Å². The molecule has 1 aromatic heterocycles. The summed E-state index contributed by atoms with van der Waals surface area (Å²) in [5, 5.41) is 2.75. The first-order valence-electron chi connectivity index (χ1n) is 5.85. The molecule has 20 heavy (non-hydrogen) atoms. The fourth-order valence-corrected chi connectivity index (χ4v) is 2.84. The van der Waals surface area contributed by atoms with E-state index in [1.54, 1.807) is 27.7 Å². The normalized spacial score (nSPS) is 12.2. The van der Waals surface area contributed by atoms with Crippen molar-refractivity contribution in [2.75, 3.05) is 11.1 Å². The number of carbonyl (C=O) groups excluding carboxylic acids is 1. The molecule has 0 bridgehead atoms. The number of hydrogen-bond donors (Lipinski definition) is 1. The molecule has 1 heterocycles. The Kier molecular flexibility index (Phi) is 5.09. The summed E-state index contributed by atoms with van der Waals surface area (Å²) in [6, 6.07) is 0. The average Bonchev–Trinajstić information content (AvgIpc) is 2.51. The average molecular weight is 324 g/mol. The molecule has 0 saturated heterocycles. The number of halogens is 1. The number of aromatic nitrogens is 1. The molecule has 0 radical (unpaired) electrons. The van der Waals surface area contributed by atoms with Gasteiger partial charge in [0.15, 0.2) is 5.13 Å². The number of rotatable bonds is 4. The number of thiazole rings is 1. The smallest absolute Gasteiger partial charge is 0.413 e. The number of nitrogens with zero attached hydrogens (tertiary/aromatic N) is 1. The van der Waals surface area contributed by atoms with E-state index in [4.69, 9.17) is 4.74 Å². The molecule has 0 unspecified atom stereocenters. The number of carbonyl (C=O) groups is 1. The highest BCUT2D eigenvalue weighted by molar-refractivity contribution is 7.86. The van der Waals surface area contributed by atoms with Crippen LogP contribution in [0.3, 0.4) is 0 Å². The van der Waals surface area contributed by atoms with Crippen LogP contribution in [0.4, 0.5) is 13.8 Å². The monoisotopic (exact) mass is 324 g/mol. The van der Waals surface area contributed by atoms with Crippen molar-refractivity contribution in [1.82, 2.24) is 4.98 Å². The summed E-state index contributed by atoms with van der Waals surface area (Å²) in [6.07, 6.45) is -0.617. The maximum atomic E-state index is 12.5. The highest BCUT2D eigenvalue weighted by Crippen LogP contribution is 2.24. The van der Waals surface area contributed by atoms with Crippen LogP contribution in [0.2, 0.25) is 0 Å². The summed E-state index contributed by atoms with van der Waals surface area (Å²) in [5.41, 5.74) is -0.0636. The standard InChI is InChI=1S/C11H17FN2O4S2/c1-7-8(5-6-20(12,16)17)19-9(13-7)14-10(15)18-11(2,3)4/h5-6H2,1-4H3,(H,13,14,15). The Balaban J connectivity index is 2.68. The van der Waals surface area contributed by atoms with Gasteiger partial charge in [0, 0.05) is 11.3 Å². The SMILES string of the molecule is Cc1nc(NC(=O)OC(C)(C)C)sc1CCS(=O)(=O)F. The molecular formula is C11H17FN2O4S2. The Hall–Kier alpha value is -1.22. The van der Waals surface area contributed by atoms with Gasteiger partial charge in [0.05, 0.1) is 11.4 Å². The molecule has 6 nitrogen and oxygen atoms in total. The third-order valence-electron chi connectivity index (χ3n) is 2.07. The highest BCUT2D eigenvalue weighted by atomic mass is 32.3. The van der Waals surface area contributed by atoms with Gasteiger partial charge in [-0.2, -0.15) is 8.42 Å². The van der Waals surface area contributed by atoms with Gasteiger partial charge in [0.25, 0.3) is 0 Å². The minimum atomic E-state index is -4.51. The Morgan fingerprint density at radius 1 is 1.45 bits per heavy atom. The van der Waals surface area contributed by atoms with Gasteiger partial charge < -0.3 is 4.74 Å². The quantitative estimate of drug-likeness (QED) is 0.861. The van der Waals surface area contributed by atoms with Crippen molar-refractivity contribution >= 4 is 32.8 Å². The van der Waals surface area contributed by atoms with Crippen LogP contribution in [0.15, 0.2) is 0 Å². The molecule has 0 aliphatic rings. The number of nitrogens with one attached hydrogen (secondary N) is 1. The van der Waals surface area contributed by atoms with Crippen molar-refractivity contribution < 1.29 is 21.8 Å². The van der Waals surface area contributed by atoms with Gasteiger partial charge in [0.1, 0.15) is 5.60 Å². The van der Waals surface area contributed by atoms with Gasteiger partial charge >= 0.3 is 16.3 Å². The molecule has 1 rings (SSSR count). The largest absolute Gasteiger partial charge is 0.444 e. The molecule has 0 atom stereocenters. The van der Waals surface area contributed by atoms with Crippen LogP contribution in [0, 0.1) is 6.92 Å². The van der Waals surface area contributed by atoms with Crippen molar-refractivity contribution in [2.24, 2.45) is 0 Å². The predicted molar refractivity (Wildman–Crippen MR) is 75.3 cm³/mol. The van der Waals surface area contributed by atoms with Crippen molar-refractivity contribution in [3.05, 3.63) is 10.6 Å². The third-order valence-corrected chi connectivity index (χ3v) is 3.90. The lowest BCUT2D eigenvalue weighted by molar-refractivity contribution is 0.0636. The zero-order valence-corrected chi connectivity index (χ0v) is 13.3. The van der Waals surface area contributed by atoms with Crippen LogP contribution < -0.4 is 5.32 Å². The third kappa shape index (κ3) is 6.29. The number of amides is 1. The van der Waals surface area contributed by atoms with Crippen LogP contribution >= 0.6 is 11.3 Å². The highest BCUT2D eigenvalue weighted by Gasteiger charge is 2.18. The van der Waals surface area contributed by atoms with E-state index < -0.39 is 27.7 Å². The zero-order valence-electron chi connectivity index (χ0n) is 11.7. The fraction of sp³-hybridized carbons (Fsp3) is 0.636. The summed E-state index contributed by atoms with van der Waals surface area (Å²) >= 11 is 1.10. The fourth-order valence-electron chi connectivity index (χ4n) is 1.32. The molecule has 1 aromatic rings. The molecule has 0 spiro atoms. The van der Waals surface area contributed by atoms with Gasteiger partial charge in [-0.05, 0) is 27.7 Å². The number of hydrogen-bond acceptors (Lipinski definition) is 6. The molecule has 1 amide bonds. The Morgan fingerprint density at radius 2 is 2.05 bits per heavy atom. The van der Waals surface area contributed by atoms with E-state index in [9.17, 15) is 17.1 Å². The van der Waals surface area contributed by atoms with Crippen LogP contribution in [-0.2, 0) is 21.4 Å². The maximum absolute atomic E-state index is 12.5. The van der Waals surface area contributed by atoms with E-state index >= 15 is 0 Å². The predicted octanol–water partition coefficient (Wildman–Crippen LogP) is 2.64. The number of aryl methyl sites for hydroxylation is 2. The summed E-state index contributed by atoms with van der Waals surface area (Å²) in [6.45, 7) is 6.86. The van der Waals surface area contributed by atoms with E-state index in [0.717, 1.165) is 11.3 Å². The van der Waals surface area contributed by atoms with Gasteiger partial charge in [-0.3, -0.25) is 5.32 Å². The summed E-state index contributed by atoms with van der Waals surface area (Å²) < 4.78 is 38.5. The molecule has 1 N–H and O–H groups in total. The van der Waals surface area contributed by atoms with E-state index in [2.05, 4.69) is 10.3 Å². The number of ether oxygens (including phenoxy) is 1. The molecule has 9 heteroatoms. The second-order valence-electron chi connectivity index (χ2n) is 5.15. The summed E-state index contributed by atoms with van der Waals surface area (Å²) in [5.74, 6) is -0.595. The minimum Gasteiger partial charge on any atom is -0.444 e. The molecule has 0 aliphatic heterocycles. The molecule has 0 aliphatic carbocycles. The lowest BCUT2D eigenvalue weighted by Crippen LogP contribution is -2.27. The lowest BCUT2D eigenvalue weighted by Gasteiger charge is -2.18. The summed E-state index contributed by atoms with van der Waals surface area (Å²) in [4.78, 5) is 16.2. The molecule has 0 fully saturated rings. The van der Waals surface area contributed by atoms with E-state index in [-0.39, 0.29) is 6.42 Å². The Bertz CT molecular complexity index is 590. The van der Waals surface area contributed by atoms with Crippen LogP contribution in [0.1, 0.15) is 31.3 Å². The van der Waals surface area contributed by atoms with Gasteiger partial charge in [0.2, 0.25) is 0 Å². The van der Waals surface area contributed by atoms with E-state index in [1.165, 1.54) is 0 Å². The van der Waals surface area contributed by atoms with Gasteiger partial charge in [-0.25, -0.2) is 9.78 Å². The maximum Gasteiger partial charge on any atom is 0.413 e. The molecule has 0 saturated carbocycles. The molecule has 0 aromatic carbocycles. The lowest BCUT2D eigenvalue weighted by atomic mass is 10.2. The van der Waals surface area contributed by atoms with E-state index in [0.29, 0.717) is 15.7 Å². The second-order valence-corrected chi connectivity index (χ2v) is 7.72. The Labute approximate surface area is 121 Å². The minimum absolute atomic E-state index is 0.0261. The van der Waals surface area contributed by atoms with Crippen molar-refractivity contribution in [3.8, 4) is 0 Å². The van der Waals surface area contributed by atoms with Crippen molar-refractivity contribution in [2.45, 2.75) is 39.7 Å². The van der Waals surface area contributed by atoms with Crippen molar-refractivity contribution in [1.29, 1.82) is 0 Å². The first-order valence-corrected chi connectivity index (χ1v) is 8.22. The van der Waals surface area contributed by atoms with Gasteiger partial charge in [-0.15, -0.1) is 15.2 Å². The molecule has 114 valence electrons. The summed E-state index contributed by atoms with van der Waals surface area (Å²) in [7, 11) is -4.51. The first-order chi connectivity index (χ1) is 8.96. The first kappa shape index (κ1) is 16.8. The zero-order chi connectivity index (χ0) is 15.6. The number of anilines is 1.